The second kappa shape index (κ2) is 10.9. The molecule has 0 aromatic carbocycles. The van der Waals surface area contributed by atoms with E-state index in [1.165, 1.54) is 38.5 Å². The van der Waals surface area contributed by atoms with Crippen LogP contribution in [0.25, 0.3) is 0 Å². The third kappa shape index (κ3) is 6.27. The Morgan fingerprint density at radius 2 is 1.92 bits per heavy atom. The average Bonchev–Trinajstić information content (AvgIpc) is 2.97. The minimum absolute atomic E-state index is 0.0630. The smallest absolute Gasteiger partial charge is 0.234 e. The summed E-state index contributed by atoms with van der Waals surface area (Å²) in [5.41, 5.74) is 1.11. The number of aromatic nitrogens is 1. The van der Waals surface area contributed by atoms with Gasteiger partial charge in [-0.15, -0.1) is 11.8 Å². The van der Waals surface area contributed by atoms with Crippen molar-refractivity contribution in [2.45, 2.75) is 74.8 Å². The summed E-state index contributed by atoms with van der Waals surface area (Å²) in [7, 11) is 4.16. The summed E-state index contributed by atoms with van der Waals surface area (Å²) in [5, 5.41) is 3.38. The maximum absolute atomic E-state index is 12.6. The van der Waals surface area contributed by atoms with Crippen molar-refractivity contribution in [1.82, 2.24) is 15.2 Å². The Hall–Kier alpha value is -1.07. The van der Waals surface area contributed by atoms with E-state index in [0.717, 1.165) is 31.4 Å². The highest BCUT2D eigenvalue weighted by molar-refractivity contribution is 8.02. The van der Waals surface area contributed by atoms with Gasteiger partial charge >= 0.3 is 0 Å². The molecule has 0 spiro atoms. The lowest BCUT2D eigenvalue weighted by Gasteiger charge is -2.30. The van der Waals surface area contributed by atoms with Crippen molar-refractivity contribution in [2.24, 2.45) is 0 Å². The molecule has 2 unspecified atom stereocenters. The van der Waals surface area contributed by atoms with Gasteiger partial charge in [0.1, 0.15) is 4.87 Å². The molecule has 26 heavy (non-hydrogen) atoms. The standard InChI is InChI=1S/C21H35N3OS/c1-4-5-6-7-8-9-10-13-19-20(25)23-21(26-19,14-16-24(2)3)18-12-11-15-22-17-18/h11-12,15,17,19H,4-10,13-14,16H2,1-3H3,(H,23,25). The molecule has 1 aliphatic rings. The maximum Gasteiger partial charge on any atom is 0.234 e. The molecule has 0 aliphatic carbocycles. The summed E-state index contributed by atoms with van der Waals surface area (Å²) in [6.07, 6.45) is 14.6. The number of hydrogen-bond acceptors (Lipinski definition) is 4. The van der Waals surface area contributed by atoms with E-state index in [1.54, 1.807) is 18.0 Å². The van der Waals surface area contributed by atoms with Gasteiger partial charge in [-0.25, -0.2) is 0 Å². The second-order valence-electron chi connectivity index (χ2n) is 7.63. The highest BCUT2D eigenvalue weighted by atomic mass is 32.2. The van der Waals surface area contributed by atoms with Gasteiger partial charge in [-0.1, -0.05) is 57.9 Å². The van der Waals surface area contributed by atoms with E-state index in [0.29, 0.717) is 0 Å². The highest BCUT2D eigenvalue weighted by Gasteiger charge is 2.45. The molecule has 1 aromatic rings. The SMILES string of the molecule is CCCCCCCCCC1SC(CCN(C)C)(c2cccnc2)NC1=O. The summed E-state index contributed by atoms with van der Waals surface area (Å²) in [6.45, 7) is 3.19. The van der Waals surface area contributed by atoms with E-state index >= 15 is 0 Å². The van der Waals surface area contributed by atoms with Crippen LogP contribution in [0.1, 0.15) is 70.3 Å². The molecule has 1 aliphatic heterocycles. The maximum atomic E-state index is 12.6. The van der Waals surface area contributed by atoms with E-state index in [2.05, 4.69) is 42.3 Å². The van der Waals surface area contributed by atoms with Crippen molar-refractivity contribution in [2.75, 3.05) is 20.6 Å². The molecule has 146 valence electrons. The molecule has 1 amide bonds. The topological polar surface area (TPSA) is 45.2 Å². The lowest BCUT2D eigenvalue weighted by atomic mass is 10.0. The van der Waals surface area contributed by atoms with Crippen molar-refractivity contribution in [3.05, 3.63) is 30.1 Å². The summed E-state index contributed by atoms with van der Waals surface area (Å²) >= 11 is 1.81. The molecule has 5 heteroatoms. The molecule has 0 saturated carbocycles. The van der Waals surface area contributed by atoms with Gasteiger partial charge < -0.3 is 10.2 Å². The van der Waals surface area contributed by atoms with Gasteiger partial charge in [-0.3, -0.25) is 9.78 Å². The van der Waals surface area contributed by atoms with Crippen LogP contribution in [0.5, 0.6) is 0 Å². The minimum atomic E-state index is -0.332. The Morgan fingerprint density at radius 3 is 2.58 bits per heavy atom. The van der Waals surface area contributed by atoms with E-state index < -0.39 is 0 Å². The van der Waals surface area contributed by atoms with Crippen LogP contribution in [0.4, 0.5) is 0 Å². The van der Waals surface area contributed by atoms with Gasteiger partial charge in [0.25, 0.3) is 0 Å². The Balaban J connectivity index is 1.90. The Bertz CT molecular complexity index is 537. The van der Waals surface area contributed by atoms with E-state index in [4.69, 9.17) is 0 Å². The number of rotatable bonds is 12. The van der Waals surface area contributed by atoms with Crippen molar-refractivity contribution in [1.29, 1.82) is 0 Å². The predicted octanol–water partition coefficient (Wildman–Crippen LogP) is 4.56. The largest absolute Gasteiger partial charge is 0.337 e. The van der Waals surface area contributed by atoms with Crippen LogP contribution >= 0.6 is 11.8 Å². The highest BCUT2D eigenvalue weighted by Crippen LogP contribution is 2.45. The number of pyridine rings is 1. The molecule has 1 aromatic heterocycles. The van der Waals surface area contributed by atoms with Gasteiger partial charge in [0.15, 0.2) is 0 Å². The van der Waals surface area contributed by atoms with Gasteiger partial charge in [0, 0.05) is 24.5 Å². The molecule has 1 N–H and O–H groups in total. The van der Waals surface area contributed by atoms with Crippen LogP contribution < -0.4 is 5.32 Å². The van der Waals surface area contributed by atoms with E-state index in [1.807, 2.05) is 12.3 Å². The Kier molecular flexibility index (Phi) is 8.93. The number of unbranched alkanes of at least 4 members (excludes halogenated alkanes) is 6. The molecular formula is C21H35N3OS. The van der Waals surface area contributed by atoms with Gasteiger partial charge in [0.05, 0.1) is 5.25 Å². The molecule has 1 saturated heterocycles. The molecule has 1 fully saturated rings. The summed E-state index contributed by atoms with van der Waals surface area (Å²) in [5.74, 6) is 0.198. The van der Waals surface area contributed by atoms with Crippen LogP contribution in [0.2, 0.25) is 0 Å². The zero-order chi connectivity index (χ0) is 18.8. The third-order valence-corrected chi connectivity index (χ3v) is 6.75. The fraction of sp³-hybridized carbons (Fsp3) is 0.714. The van der Waals surface area contributed by atoms with Crippen LogP contribution in [0.3, 0.4) is 0 Å². The van der Waals surface area contributed by atoms with Crippen LogP contribution in [0.15, 0.2) is 24.5 Å². The first-order chi connectivity index (χ1) is 12.6. The fourth-order valence-corrected chi connectivity index (χ4v) is 5.03. The lowest BCUT2D eigenvalue weighted by molar-refractivity contribution is -0.120. The van der Waals surface area contributed by atoms with Crippen molar-refractivity contribution < 1.29 is 4.79 Å². The summed E-state index contributed by atoms with van der Waals surface area (Å²) in [6, 6.07) is 4.05. The van der Waals surface area contributed by atoms with E-state index in [-0.39, 0.29) is 16.0 Å². The zero-order valence-electron chi connectivity index (χ0n) is 16.7. The predicted molar refractivity (Wildman–Crippen MR) is 111 cm³/mol. The number of thioether (sulfide) groups is 1. The molecule has 0 bridgehead atoms. The van der Waals surface area contributed by atoms with Gasteiger partial charge in [-0.2, -0.15) is 0 Å². The summed E-state index contributed by atoms with van der Waals surface area (Å²) < 4.78 is 0. The molecule has 2 rings (SSSR count). The number of amides is 1. The summed E-state index contributed by atoms with van der Waals surface area (Å²) in [4.78, 5) is 18.8. The fourth-order valence-electron chi connectivity index (χ4n) is 3.47. The number of nitrogens with zero attached hydrogens (tertiary/aromatic N) is 2. The van der Waals surface area contributed by atoms with Crippen LogP contribution in [0, 0.1) is 0 Å². The molecule has 2 atom stereocenters. The van der Waals surface area contributed by atoms with E-state index in [9.17, 15) is 4.79 Å². The third-order valence-electron chi connectivity index (χ3n) is 5.07. The zero-order valence-corrected chi connectivity index (χ0v) is 17.5. The average molecular weight is 378 g/mol. The van der Waals surface area contributed by atoms with Crippen LogP contribution in [-0.2, 0) is 9.67 Å². The number of nitrogens with one attached hydrogen (secondary N) is 1. The molecule has 4 nitrogen and oxygen atoms in total. The molecule has 0 radical (unpaired) electrons. The lowest BCUT2D eigenvalue weighted by Crippen LogP contribution is -2.39. The van der Waals surface area contributed by atoms with Crippen molar-refractivity contribution in [3.63, 3.8) is 0 Å². The number of carbonyl (C=O) groups excluding carboxylic acids is 1. The first kappa shape index (κ1) is 21.2. The molecule has 2 heterocycles. The van der Waals surface area contributed by atoms with Crippen molar-refractivity contribution >= 4 is 17.7 Å². The van der Waals surface area contributed by atoms with Crippen molar-refractivity contribution in [3.8, 4) is 0 Å². The minimum Gasteiger partial charge on any atom is -0.337 e. The first-order valence-electron chi connectivity index (χ1n) is 10.1. The van der Waals surface area contributed by atoms with Gasteiger partial charge in [-0.05, 0) is 33.0 Å². The monoisotopic (exact) mass is 377 g/mol. The Labute approximate surface area is 163 Å². The van der Waals surface area contributed by atoms with Crippen LogP contribution in [-0.4, -0.2) is 41.7 Å². The normalized spacial score (nSPS) is 22.8. The molecular weight excluding hydrogens is 342 g/mol. The first-order valence-corrected chi connectivity index (χ1v) is 11.0. The quantitative estimate of drug-likeness (QED) is 0.543. The second-order valence-corrected chi connectivity index (χ2v) is 9.13. The van der Waals surface area contributed by atoms with Gasteiger partial charge in [0.2, 0.25) is 5.91 Å². The number of carbonyl (C=O) groups is 1. The Morgan fingerprint density at radius 1 is 1.19 bits per heavy atom. The number of hydrogen-bond donors (Lipinski definition) is 1.